The van der Waals surface area contributed by atoms with Crippen LogP contribution in [0.1, 0.15) is 22.9 Å². The molecule has 1 aromatic carbocycles. The number of piperazine rings is 1. The third-order valence-electron chi connectivity index (χ3n) is 4.71. The maximum Gasteiger partial charge on any atom is 0.416 e. The lowest BCUT2D eigenvalue weighted by Gasteiger charge is -2.34. The highest BCUT2D eigenvalue weighted by Gasteiger charge is 2.34. The number of likely N-dealkylation sites (N-methyl/N-ethyl adjacent to an activating group) is 1. The Morgan fingerprint density at radius 1 is 1.19 bits per heavy atom. The first-order valence-electron chi connectivity index (χ1n) is 8.84. The van der Waals surface area contributed by atoms with E-state index < -0.39 is 11.7 Å². The Bertz CT molecular complexity index is 757. The SMILES string of the molecule is CCN1CCN(Cc2ccc(NCc3cnc(Cl)s3)cc2C(F)(F)F)CC1. The van der Waals surface area contributed by atoms with Crippen molar-refractivity contribution in [2.75, 3.05) is 38.0 Å². The van der Waals surface area contributed by atoms with E-state index in [1.165, 1.54) is 17.4 Å². The van der Waals surface area contributed by atoms with Gasteiger partial charge in [-0.15, -0.1) is 11.3 Å². The molecule has 1 aliphatic rings. The molecule has 0 unspecified atom stereocenters. The van der Waals surface area contributed by atoms with Crippen LogP contribution in [0.4, 0.5) is 18.9 Å². The fraction of sp³-hybridized carbons (Fsp3) is 0.500. The van der Waals surface area contributed by atoms with E-state index in [1.54, 1.807) is 18.3 Å². The minimum atomic E-state index is -4.38. The van der Waals surface area contributed by atoms with Gasteiger partial charge in [0.1, 0.15) is 0 Å². The van der Waals surface area contributed by atoms with Crippen molar-refractivity contribution in [2.24, 2.45) is 0 Å². The van der Waals surface area contributed by atoms with E-state index in [-0.39, 0.29) is 0 Å². The summed E-state index contributed by atoms with van der Waals surface area (Å²) in [4.78, 5) is 9.19. The minimum absolute atomic E-state index is 0.317. The molecule has 4 nitrogen and oxygen atoms in total. The van der Waals surface area contributed by atoms with Gasteiger partial charge in [0, 0.05) is 49.5 Å². The molecule has 0 spiro atoms. The van der Waals surface area contributed by atoms with Crippen molar-refractivity contribution in [1.82, 2.24) is 14.8 Å². The molecule has 9 heteroatoms. The molecule has 0 amide bonds. The van der Waals surface area contributed by atoms with Crippen molar-refractivity contribution >= 4 is 28.6 Å². The number of nitrogens with zero attached hydrogens (tertiary/aromatic N) is 3. The van der Waals surface area contributed by atoms with Crippen LogP contribution in [-0.4, -0.2) is 47.5 Å². The Balaban J connectivity index is 1.70. The highest BCUT2D eigenvalue weighted by atomic mass is 35.5. The summed E-state index contributed by atoms with van der Waals surface area (Å²) in [5.74, 6) is 0. The van der Waals surface area contributed by atoms with E-state index in [4.69, 9.17) is 11.6 Å². The molecule has 0 bridgehead atoms. The number of nitrogens with one attached hydrogen (secondary N) is 1. The third kappa shape index (κ3) is 5.57. The van der Waals surface area contributed by atoms with Crippen molar-refractivity contribution in [1.29, 1.82) is 0 Å². The molecule has 0 radical (unpaired) electrons. The van der Waals surface area contributed by atoms with E-state index in [2.05, 4.69) is 27.0 Å². The maximum absolute atomic E-state index is 13.6. The number of rotatable bonds is 6. The predicted molar refractivity (Wildman–Crippen MR) is 103 cm³/mol. The molecule has 0 atom stereocenters. The average molecular weight is 419 g/mol. The quantitative estimate of drug-likeness (QED) is 0.744. The van der Waals surface area contributed by atoms with Crippen LogP contribution >= 0.6 is 22.9 Å². The number of hydrogen-bond acceptors (Lipinski definition) is 5. The molecule has 0 saturated carbocycles. The summed E-state index contributed by atoms with van der Waals surface area (Å²) in [6, 6.07) is 4.48. The fourth-order valence-electron chi connectivity index (χ4n) is 3.15. The number of anilines is 1. The molecule has 1 N–H and O–H groups in total. The van der Waals surface area contributed by atoms with E-state index in [0.717, 1.165) is 37.6 Å². The predicted octanol–water partition coefficient (Wildman–Crippen LogP) is 4.56. The Morgan fingerprint density at radius 3 is 2.48 bits per heavy atom. The van der Waals surface area contributed by atoms with Gasteiger partial charge in [-0.2, -0.15) is 13.2 Å². The van der Waals surface area contributed by atoms with Gasteiger partial charge in [0.05, 0.1) is 12.1 Å². The summed E-state index contributed by atoms with van der Waals surface area (Å²) >= 11 is 7.09. The average Bonchev–Trinajstić information content (AvgIpc) is 3.06. The Labute approximate surface area is 165 Å². The van der Waals surface area contributed by atoms with Gasteiger partial charge in [-0.1, -0.05) is 24.6 Å². The van der Waals surface area contributed by atoms with E-state index in [9.17, 15) is 13.2 Å². The molecule has 1 saturated heterocycles. The minimum Gasteiger partial charge on any atom is -0.380 e. The number of benzene rings is 1. The molecule has 3 rings (SSSR count). The van der Waals surface area contributed by atoms with Crippen LogP contribution in [-0.2, 0) is 19.3 Å². The van der Waals surface area contributed by atoms with Crippen LogP contribution in [0.25, 0.3) is 0 Å². The van der Waals surface area contributed by atoms with Crippen molar-refractivity contribution < 1.29 is 13.2 Å². The zero-order valence-electron chi connectivity index (χ0n) is 15.0. The van der Waals surface area contributed by atoms with E-state index in [0.29, 0.717) is 28.8 Å². The second kappa shape index (κ2) is 8.77. The third-order valence-corrected chi connectivity index (χ3v) is 5.83. The second-order valence-corrected chi connectivity index (χ2v) is 8.21. The van der Waals surface area contributed by atoms with E-state index >= 15 is 0 Å². The molecular weight excluding hydrogens is 397 g/mol. The highest BCUT2D eigenvalue weighted by Crippen LogP contribution is 2.35. The second-order valence-electron chi connectivity index (χ2n) is 6.51. The van der Waals surface area contributed by atoms with E-state index in [1.807, 2.05) is 0 Å². The molecule has 2 aromatic rings. The zero-order chi connectivity index (χ0) is 19.4. The van der Waals surface area contributed by atoms with Gasteiger partial charge in [-0.3, -0.25) is 4.90 Å². The summed E-state index contributed by atoms with van der Waals surface area (Å²) in [5, 5.41) is 3.02. The Kier molecular flexibility index (Phi) is 6.62. The van der Waals surface area contributed by atoms with Crippen LogP contribution < -0.4 is 5.32 Å². The van der Waals surface area contributed by atoms with Crippen molar-refractivity contribution in [3.8, 4) is 0 Å². The number of aromatic nitrogens is 1. The lowest BCUT2D eigenvalue weighted by molar-refractivity contribution is -0.138. The Morgan fingerprint density at radius 2 is 1.89 bits per heavy atom. The van der Waals surface area contributed by atoms with Crippen LogP contribution in [0.3, 0.4) is 0 Å². The summed E-state index contributed by atoms with van der Waals surface area (Å²) < 4.78 is 41.2. The number of thiazole rings is 1. The lowest BCUT2D eigenvalue weighted by atomic mass is 10.0. The normalized spacial score (nSPS) is 16.6. The van der Waals surface area contributed by atoms with Gasteiger partial charge < -0.3 is 10.2 Å². The van der Waals surface area contributed by atoms with Crippen LogP contribution in [0.2, 0.25) is 4.47 Å². The van der Waals surface area contributed by atoms with Gasteiger partial charge in [0.25, 0.3) is 0 Å². The number of halogens is 4. The zero-order valence-corrected chi connectivity index (χ0v) is 16.6. The Hall–Kier alpha value is -1.35. The monoisotopic (exact) mass is 418 g/mol. The number of hydrogen-bond donors (Lipinski definition) is 1. The lowest BCUT2D eigenvalue weighted by Crippen LogP contribution is -2.45. The molecule has 2 heterocycles. The largest absolute Gasteiger partial charge is 0.416 e. The molecule has 148 valence electrons. The standard InChI is InChI=1S/C18H22ClF3N4S/c1-2-25-5-7-26(8-6-25)12-13-3-4-14(9-16(13)18(20,21)22)23-10-15-11-24-17(19)27-15/h3-4,9,11,23H,2,5-8,10,12H2,1H3. The first-order chi connectivity index (χ1) is 12.8. The van der Waals surface area contributed by atoms with Crippen molar-refractivity contribution in [2.45, 2.75) is 26.2 Å². The summed E-state index contributed by atoms with van der Waals surface area (Å²) in [7, 11) is 0. The van der Waals surface area contributed by atoms with Crippen LogP contribution in [0.5, 0.6) is 0 Å². The first kappa shape index (κ1) is 20.4. The number of alkyl halides is 3. The molecular formula is C18H22ClF3N4S. The summed E-state index contributed by atoms with van der Waals surface area (Å²) in [6.07, 6.45) is -2.76. The van der Waals surface area contributed by atoms with Crippen molar-refractivity contribution in [3.63, 3.8) is 0 Å². The summed E-state index contributed by atoms with van der Waals surface area (Å²) in [6.45, 7) is 7.16. The fourth-order valence-corrected chi connectivity index (χ4v) is 4.06. The van der Waals surface area contributed by atoms with Gasteiger partial charge in [0.15, 0.2) is 4.47 Å². The molecule has 27 heavy (non-hydrogen) atoms. The molecule has 1 fully saturated rings. The van der Waals surface area contributed by atoms with Gasteiger partial charge >= 0.3 is 6.18 Å². The van der Waals surface area contributed by atoms with Gasteiger partial charge in [0.2, 0.25) is 0 Å². The van der Waals surface area contributed by atoms with Gasteiger partial charge in [-0.05, 0) is 24.2 Å². The smallest absolute Gasteiger partial charge is 0.380 e. The summed E-state index contributed by atoms with van der Waals surface area (Å²) in [5.41, 5.74) is 0.179. The molecule has 0 aliphatic carbocycles. The topological polar surface area (TPSA) is 31.4 Å². The first-order valence-corrected chi connectivity index (χ1v) is 10.0. The molecule has 1 aromatic heterocycles. The molecule has 1 aliphatic heterocycles. The maximum atomic E-state index is 13.6. The van der Waals surface area contributed by atoms with Gasteiger partial charge in [-0.25, -0.2) is 4.98 Å². The van der Waals surface area contributed by atoms with Crippen molar-refractivity contribution in [3.05, 3.63) is 44.9 Å². The van der Waals surface area contributed by atoms with Crippen LogP contribution in [0, 0.1) is 0 Å². The highest BCUT2D eigenvalue weighted by molar-refractivity contribution is 7.15. The van der Waals surface area contributed by atoms with Crippen LogP contribution in [0.15, 0.2) is 24.4 Å².